The molecule has 15 heavy (non-hydrogen) atoms. The van der Waals surface area contributed by atoms with E-state index in [-0.39, 0.29) is 0 Å². The molecule has 0 aliphatic carbocycles. The van der Waals surface area contributed by atoms with Crippen LogP contribution in [0.25, 0.3) is 0 Å². The largest absolute Gasteiger partial charge is 0.347 e. The van der Waals surface area contributed by atoms with Crippen LogP contribution in [0.2, 0.25) is 0 Å². The van der Waals surface area contributed by atoms with Crippen LogP contribution in [0.1, 0.15) is 11.1 Å². The van der Waals surface area contributed by atoms with Gasteiger partial charge in [0, 0.05) is 19.8 Å². The number of nitrogens with zero attached hydrogens (tertiary/aromatic N) is 1. The number of hydrogen-bond donors (Lipinski definition) is 0. The molecule has 0 N–H and O–H groups in total. The maximum atomic E-state index is 12.9. The molecule has 0 spiro atoms. The molecule has 3 nitrogen and oxygen atoms in total. The van der Waals surface area contributed by atoms with Gasteiger partial charge < -0.3 is 9.47 Å². The molecule has 0 saturated carbocycles. The van der Waals surface area contributed by atoms with Crippen LogP contribution < -0.4 is 0 Å². The smallest absolute Gasteiger partial charge is 0.223 e. The molecule has 0 aliphatic rings. The highest BCUT2D eigenvalue weighted by Gasteiger charge is 2.32. The first kappa shape index (κ1) is 11.6. The van der Waals surface area contributed by atoms with Crippen LogP contribution in [-0.2, 0) is 15.3 Å². The maximum absolute atomic E-state index is 12.9. The minimum atomic E-state index is -1.37. The molecule has 80 valence electrons. The first-order chi connectivity index (χ1) is 7.22. The van der Waals surface area contributed by atoms with Crippen molar-refractivity contribution >= 4 is 0 Å². The summed E-state index contributed by atoms with van der Waals surface area (Å²) in [6, 6.07) is 8.41. The number of nitriles is 1. The number of ether oxygens (including phenoxy) is 2. The van der Waals surface area contributed by atoms with Gasteiger partial charge in [-0.2, -0.15) is 5.26 Å². The Morgan fingerprint density at radius 3 is 2.13 bits per heavy atom. The molecule has 0 fully saturated rings. The second kappa shape index (κ2) is 4.87. The number of hydrogen-bond acceptors (Lipinski definition) is 3. The number of halogens is 1. The lowest BCUT2D eigenvalue weighted by Gasteiger charge is -2.28. The third-order valence-electron chi connectivity index (χ3n) is 2.29. The normalized spacial score (nSPS) is 11.1. The summed E-state index contributed by atoms with van der Waals surface area (Å²) in [4.78, 5) is 0. The van der Waals surface area contributed by atoms with Gasteiger partial charge in [-0.05, 0) is 12.1 Å². The SMILES string of the molecule is COC(CF)(OC)c1ccc(C#N)cc1. The molecule has 0 aliphatic heterocycles. The van der Waals surface area contributed by atoms with Crippen molar-refractivity contribution in [1.82, 2.24) is 0 Å². The molecular weight excluding hydrogens is 197 g/mol. The van der Waals surface area contributed by atoms with Gasteiger partial charge in [-0.25, -0.2) is 4.39 Å². The highest BCUT2D eigenvalue weighted by molar-refractivity contribution is 5.33. The molecule has 0 radical (unpaired) electrons. The standard InChI is InChI=1S/C11H12FNO2/c1-14-11(8-12,15-2)10-5-3-9(7-13)4-6-10/h3-6H,8H2,1-2H3. The lowest BCUT2D eigenvalue weighted by molar-refractivity contribution is -0.224. The lowest BCUT2D eigenvalue weighted by atomic mass is 10.0. The van der Waals surface area contributed by atoms with Gasteiger partial charge >= 0.3 is 0 Å². The molecule has 0 bridgehead atoms. The Labute approximate surface area is 88.0 Å². The molecule has 0 aromatic heterocycles. The molecule has 0 saturated heterocycles. The van der Waals surface area contributed by atoms with Gasteiger partial charge in [0.25, 0.3) is 0 Å². The summed E-state index contributed by atoms with van der Waals surface area (Å²) in [6.45, 7) is -0.786. The van der Waals surface area contributed by atoms with Crippen molar-refractivity contribution in [3.63, 3.8) is 0 Å². The highest BCUT2D eigenvalue weighted by Crippen LogP contribution is 2.26. The number of benzene rings is 1. The zero-order chi connectivity index (χ0) is 11.3. The van der Waals surface area contributed by atoms with E-state index in [9.17, 15) is 4.39 Å². The van der Waals surface area contributed by atoms with Crippen LogP contribution in [0.5, 0.6) is 0 Å². The Kier molecular flexibility index (Phi) is 3.78. The van der Waals surface area contributed by atoms with Crippen LogP contribution in [0, 0.1) is 11.3 Å². The molecule has 0 amide bonds. The summed E-state index contributed by atoms with van der Waals surface area (Å²) in [5, 5.41) is 8.62. The van der Waals surface area contributed by atoms with Crippen molar-refractivity contribution in [3.8, 4) is 6.07 Å². The lowest BCUT2D eigenvalue weighted by Crippen LogP contribution is -2.33. The fourth-order valence-electron chi connectivity index (χ4n) is 1.30. The van der Waals surface area contributed by atoms with E-state index in [4.69, 9.17) is 14.7 Å². The van der Waals surface area contributed by atoms with E-state index < -0.39 is 12.5 Å². The molecule has 0 unspecified atom stereocenters. The van der Waals surface area contributed by atoms with Crippen LogP contribution in [0.3, 0.4) is 0 Å². The highest BCUT2D eigenvalue weighted by atomic mass is 19.1. The summed E-state index contributed by atoms with van der Waals surface area (Å²) in [6.07, 6.45) is 0. The monoisotopic (exact) mass is 209 g/mol. The molecule has 1 rings (SSSR count). The zero-order valence-electron chi connectivity index (χ0n) is 8.66. The van der Waals surface area contributed by atoms with E-state index in [0.29, 0.717) is 11.1 Å². The van der Waals surface area contributed by atoms with Gasteiger partial charge in [-0.15, -0.1) is 0 Å². The minimum absolute atomic E-state index is 0.513. The Morgan fingerprint density at radius 1 is 1.27 bits per heavy atom. The quantitative estimate of drug-likeness (QED) is 0.712. The van der Waals surface area contributed by atoms with E-state index >= 15 is 0 Å². The van der Waals surface area contributed by atoms with Crippen molar-refractivity contribution in [2.24, 2.45) is 0 Å². The summed E-state index contributed by atoms with van der Waals surface area (Å²) < 4.78 is 22.9. The van der Waals surface area contributed by atoms with E-state index in [1.807, 2.05) is 6.07 Å². The molecule has 0 heterocycles. The fraction of sp³-hybridized carbons (Fsp3) is 0.364. The first-order valence-corrected chi connectivity index (χ1v) is 4.39. The average Bonchev–Trinajstić information content (AvgIpc) is 2.33. The summed E-state index contributed by atoms with van der Waals surface area (Å²) in [5.74, 6) is -1.37. The molecule has 4 heteroatoms. The van der Waals surface area contributed by atoms with E-state index in [1.165, 1.54) is 14.2 Å². The summed E-state index contributed by atoms with van der Waals surface area (Å²) in [7, 11) is 2.75. The third kappa shape index (κ3) is 2.14. The molecule has 1 aromatic carbocycles. The molecular formula is C11H12FNO2. The second-order valence-electron chi connectivity index (χ2n) is 2.98. The number of methoxy groups -OCH3 is 2. The Balaban J connectivity index is 3.08. The van der Waals surface area contributed by atoms with Crippen molar-refractivity contribution < 1.29 is 13.9 Å². The third-order valence-corrected chi connectivity index (χ3v) is 2.29. The summed E-state index contributed by atoms with van der Waals surface area (Å²) >= 11 is 0. The van der Waals surface area contributed by atoms with Gasteiger partial charge in [-0.3, -0.25) is 0 Å². The van der Waals surface area contributed by atoms with Crippen LogP contribution in [-0.4, -0.2) is 20.9 Å². The predicted molar refractivity (Wildman–Crippen MR) is 52.8 cm³/mol. The number of alkyl halides is 1. The van der Waals surface area contributed by atoms with Crippen molar-refractivity contribution in [3.05, 3.63) is 35.4 Å². The predicted octanol–water partition coefficient (Wildman–Crippen LogP) is 1.97. The van der Waals surface area contributed by atoms with Crippen molar-refractivity contribution in [2.45, 2.75) is 5.79 Å². The van der Waals surface area contributed by atoms with Crippen LogP contribution in [0.4, 0.5) is 4.39 Å². The Morgan fingerprint density at radius 2 is 1.80 bits per heavy atom. The Bertz CT molecular complexity index is 344. The van der Waals surface area contributed by atoms with E-state index in [0.717, 1.165) is 0 Å². The van der Waals surface area contributed by atoms with Gasteiger partial charge in [0.1, 0.15) is 6.67 Å². The van der Waals surface area contributed by atoms with Crippen molar-refractivity contribution in [2.75, 3.05) is 20.9 Å². The zero-order valence-corrected chi connectivity index (χ0v) is 8.66. The fourth-order valence-corrected chi connectivity index (χ4v) is 1.30. The first-order valence-electron chi connectivity index (χ1n) is 4.39. The topological polar surface area (TPSA) is 42.2 Å². The minimum Gasteiger partial charge on any atom is -0.347 e. The molecule has 0 atom stereocenters. The maximum Gasteiger partial charge on any atom is 0.223 e. The van der Waals surface area contributed by atoms with Gasteiger partial charge in [0.15, 0.2) is 0 Å². The van der Waals surface area contributed by atoms with Gasteiger partial charge in [-0.1, -0.05) is 12.1 Å². The summed E-state index contributed by atoms with van der Waals surface area (Å²) in [5.41, 5.74) is 1.06. The van der Waals surface area contributed by atoms with Crippen molar-refractivity contribution in [1.29, 1.82) is 5.26 Å². The molecule has 1 aromatic rings. The van der Waals surface area contributed by atoms with E-state index in [2.05, 4.69) is 0 Å². The van der Waals surface area contributed by atoms with E-state index in [1.54, 1.807) is 24.3 Å². The van der Waals surface area contributed by atoms with Crippen LogP contribution in [0.15, 0.2) is 24.3 Å². The Hall–Kier alpha value is -1.44. The average molecular weight is 209 g/mol. The van der Waals surface area contributed by atoms with Gasteiger partial charge in [0.2, 0.25) is 5.79 Å². The van der Waals surface area contributed by atoms with Crippen LogP contribution >= 0.6 is 0 Å². The number of rotatable bonds is 4. The van der Waals surface area contributed by atoms with Gasteiger partial charge in [0.05, 0.1) is 11.6 Å². The second-order valence-corrected chi connectivity index (χ2v) is 2.98.